The predicted molar refractivity (Wildman–Crippen MR) is 81.8 cm³/mol. The average molecular weight is 288 g/mol. The molecule has 0 saturated carbocycles. The molecule has 0 fully saturated rings. The molecule has 3 nitrogen and oxygen atoms in total. The monoisotopic (exact) mass is 288 g/mol. The molecule has 0 radical (unpaired) electrons. The molecular weight excluding hydrogens is 271 g/mol. The summed E-state index contributed by atoms with van der Waals surface area (Å²) < 4.78 is 23.4. The van der Waals surface area contributed by atoms with E-state index in [9.17, 15) is 4.57 Å². The molecule has 0 bridgehead atoms. The summed E-state index contributed by atoms with van der Waals surface area (Å²) in [4.78, 5) is 0. The van der Waals surface area contributed by atoms with Crippen molar-refractivity contribution in [2.75, 3.05) is 6.61 Å². The fourth-order valence-electron chi connectivity index (χ4n) is 1.65. The van der Waals surface area contributed by atoms with Crippen molar-refractivity contribution in [2.24, 2.45) is 0 Å². The summed E-state index contributed by atoms with van der Waals surface area (Å²) >= 11 is 0. The van der Waals surface area contributed by atoms with Gasteiger partial charge in [0.05, 0.1) is 6.61 Å². The van der Waals surface area contributed by atoms with Crippen molar-refractivity contribution in [3.63, 3.8) is 0 Å². The molecule has 0 aromatic heterocycles. The topological polar surface area (TPSA) is 35.5 Å². The van der Waals surface area contributed by atoms with Gasteiger partial charge in [-0.25, -0.2) is 4.57 Å². The van der Waals surface area contributed by atoms with Crippen LogP contribution in [0.15, 0.2) is 66.5 Å². The number of para-hydroxylation sites is 1. The van der Waals surface area contributed by atoms with Crippen LogP contribution in [0.2, 0.25) is 0 Å². The van der Waals surface area contributed by atoms with E-state index in [1.54, 1.807) is 25.1 Å². The van der Waals surface area contributed by atoms with Crippen LogP contribution in [0.25, 0.3) is 6.08 Å². The van der Waals surface area contributed by atoms with Crippen LogP contribution in [0.5, 0.6) is 5.75 Å². The van der Waals surface area contributed by atoms with Gasteiger partial charge >= 0.3 is 7.60 Å². The molecule has 0 heterocycles. The Labute approximate surface area is 119 Å². The first kappa shape index (κ1) is 14.6. The Kier molecular flexibility index (Phi) is 5.16. The molecule has 0 aliphatic carbocycles. The van der Waals surface area contributed by atoms with Crippen LogP contribution in [0.1, 0.15) is 12.5 Å². The van der Waals surface area contributed by atoms with Gasteiger partial charge in [0.2, 0.25) is 0 Å². The van der Waals surface area contributed by atoms with E-state index in [-0.39, 0.29) is 0 Å². The first-order valence-corrected chi connectivity index (χ1v) is 8.06. The van der Waals surface area contributed by atoms with Gasteiger partial charge in [0, 0.05) is 5.82 Å². The number of benzene rings is 2. The lowest BCUT2D eigenvalue weighted by atomic mass is 10.2. The van der Waals surface area contributed by atoms with E-state index in [0.717, 1.165) is 5.56 Å². The molecule has 20 heavy (non-hydrogen) atoms. The minimum atomic E-state index is -3.29. The first-order valence-electron chi connectivity index (χ1n) is 6.45. The Balaban J connectivity index is 2.17. The Hall–Kier alpha value is -1.83. The second-order valence-electron chi connectivity index (χ2n) is 4.09. The first-order chi connectivity index (χ1) is 9.72. The summed E-state index contributed by atoms with van der Waals surface area (Å²) in [6.45, 7) is 2.11. The van der Waals surface area contributed by atoms with Gasteiger partial charge < -0.3 is 4.52 Å². The van der Waals surface area contributed by atoms with E-state index in [1.807, 2.05) is 48.5 Å². The Morgan fingerprint density at radius 3 is 2.20 bits per heavy atom. The van der Waals surface area contributed by atoms with Crippen molar-refractivity contribution < 1.29 is 13.6 Å². The molecule has 0 saturated heterocycles. The van der Waals surface area contributed by atoms with E-state index in [2.05, 4.69) is 0 Å². The van der Waals surface area contributed by atoms with E-state index in [4.69, 9.17) is 9.05 Å². The second kappa shape index (κ2) is 7.09. The van der Waals surface area contributed by atoms with Crippen LogP contribution in [-0.4, -0.2) is 6.61 Å². The molecule has 0 aliphatic heterocycles. The second-order valence-corrected chi connectivity index (χ2v) is 5.91. The molecular formula is C16H17O3P. The summed E-state index contributed by atoms with van der Waals surface area (Å²) in [7, 11) is -3.29. The molecule has 2 rings (SSSR count). The fourth-order valence-corrected chi connectivity index (χ4v) is 2.98. The number of rotatable bonds is 6. The van der Waals surface area contributed by atoms with Crippen LogP contribution in [0.3, 0.4) is 0 Å². The highest BCUT2D eigenvalue weighted by molar-refractivity contribution is 7.57. The van der Waals surface area contributed by atoms with Crippen LogP contribution in [0.4, 0.5) is 0 Å². The lowest BCUT2D eigenvalue weighted by Gasteiger charge is -2.15. The molecule has 1 unspecified atom stereocenters. The van der Waals surface area contributed by atoms with Gasteiger partial charge in [-0.1, -0.05) is 48.5 Å². The Morgan fingerprint density at radius 1 is 1.00 bits per heavy atom. The maximum Gasteiger partial charge on any atom is 0.403 e. The van der Waals surface area contributed by atoms with Gasteiger partial charge in [-0.15, -0.1) is 0 Å². The zero-order chi connectivity index (χ0) is 14.3. The SMILES string of the molecule is CCOP(=O)(/C=C/c1ccccc1)Oc1ccccc1. The van der Waals surface area contributed by atoms with Crippen molar-refractivity contribution >= 4 is 13.7 Å². The lowest BCUT2D eigenvalue weighted by molar-refractivity contribution is 0.288. The Bertz CT molecular complexity index is 594. The molecule has 2 aromatic rings. The van der Waals surface area contributed by atoms with Crippen LogP contribution in [-0.2, 0) is 9.09 Å². The predicted octanol–water partition coefficient (Wildman–Crippen LogP) is 4.97. The number of hydrogen-bond acceptors (Lipinski definition) is 3. The molecule has 2 aromatic carbocycles. The zero-order valence-corrected chi connectivity index (χ0v) is 12.2. The summed E-state index contributed by atoms with van der Waals surface area (Å²) in [5, 5.41) is 0. The van der Waals surface area contributed by atoms with E-state index >= 15 is 0 Å². The van der Waals surface area contributed by atoms with Crippen molar-refractivity contribution in [3.05, 3.63) is 72.0 Å². The summed E-state index contributed by atoms with van der Waals surface area (Å²) in [6.07, 6.45) is 1.75. The molecule has 0 spiro atoms. The quantitative estimate of drug-likeness (QED) is 0.704. The highest BCUT2D eigenvalue weighted by Crippen LogP contribution is 2.50. The number of hydrogen-bond donors (Lipinski definition) is 0. The third-order valence-electron chi connectivity index (χ3n) is 2.53. The highest BCUT2D eigenvalue weighted by atomic mass is 31.2. The molecule has 1 atom stereocenters. The van der Waals surface area contributed by atoms with Gasteiger partial charge in [-0.2, -0.15) is 0 Å². The van der Waals surface area contributed by atoms with Gasteiger partial charge in [-0.05, 0) is 30.7 Å². The largest absolute Gasteiger partial charge is 0.422 e. The van der Waals surface area contributed by atoms with Crippen molar-refractivity contribution in [2.45, 2.75) is 6.92 Å². The summed E-state index contributed by atoms with van der Waals surface area (Å²) in [6, 6.07) is 18.7. The fraction of sp³-hybridized carbons (Fsp3) is 0.125. The van der Waals surface area contributed by atoms with E-state index < -0.39 is 7.60 Å². The lowest BCUT2D eigenvalue weighted by Crippen LogP contribution is -1.95. The van der Waals surface area contributed by atoms with Gasteiger partial charge in [0.15, 0.2) is 0 Å². The Morgan fingerprint density at radius 2 is 1.60 bits per heavy atom. The molecule has 0 N–H and O–H groups in total. The minimum Gasteiger partial charge on any atom is -0.422 e. The van der Waals surface area contributed by atoms with Crippen LogP contribution >= 0.6 is 7.60 Å². The van der Waals surface area contributed by atoms with E-state index in [0.29, 0.717) is 12.4 Å². The molecule has 4 heteroatoms. The molecule has 0 aliphatic rings. The van der Waals surface area contributed by atoms with Gasteiger partial charge in [0.25, 0.3) is 0 Å². The van der Waals surface area contributed by atoms with Crippen molar-refractivity contribution in [1.29, 1.82) is 0 Å². The van der Waals surface area contributed by atoms with Crippen molar-refractivity contribution in [3.8, 4) is 5.75 Å². The third kappa shape index (κ3) is 4.37. The maximum atomic E-state index is 12.6. The summed E-state index contributed by atoms with van der Waals surface area (Å²) in [5.74, 6) is 2.03. The van der Waals surface area contributed by atoms with Crippen molar-refractivity contribution in [1.82, 2.24) is 0 Å². The van der Waals surface area contributed by atoms with Gasteiger partial charge in [0.1, 0.15) is 5.75 Å². The zero-order valence-electron chi connectivity index (χ0n) is 11.3. The normalized spacial score (nSPS) is 14.1. The molecule has 0 amide bonds. The minimum absolute atomic E-state index is 0.323. The summed E-state index contributed by atoms with van der Waals surface area (Å²) in [5.41, 5.74) is 0.948. The molecule has 104 valence electrons. The van der Waals surface area contributed by atoms with E-state index in [1.165, 1.54) is 5.82 Å². The smallest absolute Gasteiger partial charge is 0.403 e. The average Bonchev–Trinajstić information content (AvgIpc) is 2.48. The van der Waals surface area contributed by atoms with Crippen LogP contribution < -0.4 is 4.52 Å². The third-order valence-corrected chi connectivity index (χ3v) is 4.13. The highest BCUT2D eigenvalue weighted by Gasteiger charge is 2.21. The maximum absolute atomic E-state index is 12.6. The van der Waals surface area contributed by atoms with Gasteiger partial charge in [-0.3, -0.25) is 4.52 Å². The standard InChI is InChI=1S/C16H17O3P/c1-2-18-20(17,19-16-11-7-4-8-12-16)14-13-15-9-5-3-6-10-15/h3-14H,2H2,1H3/b14-13+. The van der Waals surface area contributed by atoms with Crippen LogP contribution in [0, 0.1) is 0 Å².